The summed E-state index contributed by atoms with van der Waals surface area (Å²) >= 11 is 7.84. The number of thiazole rings is 1. The van der Waals surface area contributed by atoms with Crippen LogP contribution in [0.4, 0.5) is 10.6 Å². The number of nitriles is 1. The number of pyridine rings is 1. The number of likely N-dealkylation sites (N-methyl/N-ethyl adjacent to an activating group) is 1. The van der Waals surface area contributed by atoms with E-state index in [1.807, 2.05) is 6.07 Å². The van der Waals surface area contributed by atoms with Gasteiger partial charge in [0, 0.05) is 34.8 Å². The number of benzene rings is 1. The first-order valence-corrected chi connectivity index (χ1v) is 11.5. The Hall–Kier alpha value is -3.92. The Kier molecular flexibility index (Phi) is 6.51. The average molecular weight is 491 g/mol. The summed E-state index contributed by atoms with van der Waals surface area (Å²) < 4.78 is 0. The predicted molar refractivity (Wildman–Crippen MR) is 130 cm³/mol. The third kappa shape index (κ3) is 4.58. The van der Waals surface area contributed by atoms with Crippen LogP contribution in [0.15, 0.2) is 41.9 Å². The van der Waals surface area contributed by atoms with Crippen LogP contribution < -0.4 is 16.0 Å². The lowest BCUT2D eigenvalue weighted by molar-refractivity contribution is -0.122. The fourth-order valence-corrected chi connectivity index (χ4v) is 4.43. The Morgan fingerprint density at radius 3 is 2.71 bits per heavy atom. The van der Waals surface area contributed by atoms with Gasteiger partial charge >= 0.3 is 6.03 Å². The predicted octanol–water partition coefficient (Wildman–Crippen LogP) is 4.00. The molecule has 1 aliphatic rings. The molecule has 3 amide bonds. The molecule has 2 heterocycles. The molecule has 170 valence electrons. The van der Waals surface area contributed by atoms with Crippen molar-refractivity contribution in [2.75, 3.05) is 12.4 Å². The van der Waals surface area contributed by atoms with Crippen LogP contribution >= 0.6 is 22.9 Å². The topological polar surface area (TPSA) is 120 Å². The summed E-state index contributed by atoms with van der Waals surface area (Å²) in [6.07, 6.45) is 8.48. The molecule has 0 radical (unpaired) electrons. The van der Waals surface area contributed by atoms with Gasteiger partial charge in [-0.2, -0.15) is 5.26 Å². The summed E-state index contributed by atoms with van der Waals surface area (Å²) in [5, 5.41) is 19.8. The number of halogens is 1. The van der Waals surface area contributed by atoms with E-state index in [9.17, 15) is 14.9 Å². The molecular weight excluding hydrogens is 472 g/mol. The quantitative estimate of drug-likeness (QED) is 0.451. The second kappa shape index (κ2) is 9.52. The van der Waals surface area contributed by atoms with Gasteiger partial charge in [0.15, 0.2) is 5.01 Å². The lowest BCUT2D eigenvalue weighted by Crippen LogP contribution is -2.41. The first-order chi connectivity index (χ1) is 16.4. The van der Waals surface area contributed by atoms with Crippen molar-refractivity contribution >= 4 is 40.7 Å². The average Bonchev–Trinajstić information content (AvgIpc) is 3.53. The molecule has 3 N–H and O–H groups in total. The maximum absolute atomic E-state index is 12.6. The van der Waals surface area contributed by atoms with E-state index in [4.69, 9.17) is 18.0 Å². The van der Waals surface area contributed by atoms with E-state index in [0.29, 0.717) is 26.9 Å². The summed E-state index contributed by atoms with van der Waals surface area (Å²) in [6.45, 7) is 0. The smallest absolute Gasteiger partial charge is 0.321 e. The van der Waals surface area contributed by atoms with Crippen molar-refractivity contribution in [2.45, 2.75) is 24.3 Å². The zero-order valence-corrected chi connectivity index (χ0v) is 19.6. The molecule has 0 spiro atoms. The third-order valence-electron chi connectivity index (χ3n) is 5.49. The number of nitrogens with zero attached hydrogens (tertiary/aromatic N) is 3. The summed E-state index contributed by atoms with van der Waals surface area (Å²) in [6, 6.07) is 9.50. The largest absolute Gasteiger partial charge is 0.357 e. The van der Waals surface area contributed by atoms with Gasteiger partial charge in [-0.1, -0.05) is 29.8 Å². The van der Waals surface area contributed by atoms with Crippen molar-refractivity contribution in [3.8, 4) is 29.5 Å². The van der Waals surface area contributed by atoms with Crippen molar-refractivity contribution in [3.63, 3.8) is 0 Å². The maximum Gasteiger partial charge on any atom is 0.321 e. The summed E-state index contributed by atoms with van der Waals surface area (Å²) in [4.78, 5) is 33.6. The normalized spacial score (nSPS) is 14.2. The Morgan fingerprint density at radius 2 is 2.09 bits per heavy atom. The highest BCUT2D eigenvalue weighted by atomic mass is 35.5. The van der Waals surface area contributed by atoms with E-state index >= 15 is 0 Å². The third-order valence-corrected chi connectivity index (χ3v) is 6.58. The standard InChI is InChI=1S/C24H19ClN6O2S/c1-3-19-29-18(12-34-19)30-23(33)31-20(22(32)27-2)14-6-7-15(17(25)11-14)16-5-4-10-28-21(16)24(13-26)8-9-24/h1,4-7,10-12,20H,8-9H2,2H3,(H,27,32)(H2,30,31,33). The van der Waals surface area contributed by atoms with Gasteiger partial charge in [0.05, 0.1) is 11.8 Å². The number of anilines is 1. The van der Waals surface area contributed by atoms with Crippen molar-refractivity contribution in [1.29, 1.82) is 5.26 Å². The Bertz CT molecular complexity index is 1350. The number of hydrogen-bond acceptors (Lipinski definition) is 6. The van der Waals surface area contributed by atoms with Crippen LogP contribution in [-0.2, 0) is 10.2 Å². The molecule has 2 aromatic heterocycles. The van der Waals surface area contributed by atoms with Crippen LogP contribution in [0.1, 0.15) is 35.1 Å². The van der Waals surface area contributed by atoms with Crippen molar-refractivity contribution in [1.82, 2.24) is 20.6 Å². The summed E-state index contributed by atoms with van der Waals surface area (Å²) in [5.74, 6) is 2.26. The minimum absolute atomic E-state index is 0.287. The minimum Gasteiger partial charge on any atom is -0.357 e. The lowest BCUT2D eigenvalue weighted by atomic mass is 9.93. The monoisotopic (exact) mass is 490 g/mol. The van der Waals surface area contributed by atoms with Crippen LogP contribution in [0.5, 0.6) is 0 Å². The van der Waals surface area contributed by atoms with Gasteiger partial charge in [-0.15, -0.1) is 17.8 Å². The number of hydrogen-bond donors (Lipinski definition) is 3. The van der Waals surface area contributed by atoms with Gasteiger partial charge in [-0.3, -0.25) is 15.1 Å². The molecule has 1 unspecified atom stereocenters. The molecule has 1 aromatic carbocycles. The fraction of sp³-hybridized carbons (Fsp3) is 0.208. The second-order valence-electron chi connectivity index (χ2n) is 7.66. The minimum atomic E-state index is -1.01. The molecular formula is C24H19ClN6O2S. The lowest BCUT2D eigenvalue weighted by Gasteiger charge is -2.19. The molecule has 34 heavy (non-hydrogen) atoms. The van der Waals surface area contributed by atoms with E-state index in [-0.39, 0.29) is 5.82 Å². The van der Waals surface area contributed by atoms with Gasteiger partial charge in [0.1, 0.15) is 17.3 Å². The van der Waals surface area contributed by atoms with Crippen molar-refractivity contribution in [2.24, 2.45) is 0 Å². The van der Waals surface area contributed by atoms with Crippen molar-refractivity contribution < 1.29 is 9.59 Å². The maximum atomic E-state index is 12.6. The molecule has 1 fully saturated rings. The van der Waals surface area contributed by atoms with E-state index in [0.717, 1.165) is 18.4 Å². The number of carbonyl (C=O) groups excluding carboxylic acids is 2. The summed E-state index contributed by atoms with van der Waals surface area (Å²) in [7, 11) is 1.48. The van der Waals surface area contributed by atoms with Crippen LogP contribution in [0.25, 0.3) is 11.1 Å². The molecule has 10 heteroatoms. The molecule has 1 atom stereocenters. The van der Waals surface area contributed by atoms with E-state index < -0.39 is 23.4 Å². The van der Waals surface area contributed by atoms with Crippen LogP contribution in [-0.4, -0.2) is 29.0 Å². The zero-order chi connectivity index (χ0) is 24.3. The van der Waals surface area contributed by atoms with Gasteiger partial charge < -0.3 is 10.6 Å². The van der Waals surface area contributed by atoms with Gasteiger partial charge in [-0.05, 0) is 36.5 Å². The number of terminal acetylenes is 1. The van der Waals surface area contributed by atoms with Gasteiger partial charge in [-0.25, -0.2) is 9.78 Å². The number of amides is 3. The van der Waals surface area contributed by atoms with E-state index in [1.165, 1.54) is 18.4 Å². The van der Waals surface area contributed by atoms with Gasteiger partial charge in [0.2, 0.25) is 5.91 Å². The fourth-order valence-electron chi connectivity index (χ4n) is 3.59. The molecule has 1 saturated carbocycles. The summed E-state index contributed by atoms with van der Waals surface area (Å²) in [5.41, 5.74) is 2.06. The molecule has 0 saturated heterocycles. The van der Waals surface area contributed by atoms with Gasteiger partial charge in [0.25, 0.3) is 0 Å². The van der Waals surface area contributed by atoms with E-state index in [2.05, 4.69) is 37.9 Å². The van der Waals surface area contributed by atoms with Crippen LogP contribution in [0.3, 0.4) is 0 Å². The molecule has 8 nitrogen and oxygen atoms in total. The molecule has 4 rings (SSSR count). The Labute approximate surface area is 205 Å². The number of aromatic nitrogens is 2. The van der Waals surface area contributed by atoms with Crippen LogP contribution in [0.2, 0.25) is 5.02 Å². The highest BCUT2D eigenvalue weighted by molar-refractivity contribution is 7.10. The SMILES string of the molecule is C#Cc1nc(NC(=O)NC(C(=O)NC)c2ccc(-c3cccnc3C3(C#N)CC3)c(Cl)c2)cs1. The number of nitrogens with one attached hydrogen (secondary N) is 3. The first kappa shape index (κ1) is 23.2. The number of carbonyl (C=O) groups is 2. The van der Waals surface area contributed by atoms with E-state index in [1.54, 1.807) is 35.8 Å². The first-order valence-electron chi connectivity index (χ1n) is 10.3. The van der Waals surface area contributed by atoms with Crippen LogP contribution in [0, 0.1) is 23.7 Å². The highest BCUT2D eigenvalue weighted by Crippen LogP contribution is 2.50. The second-order valence-corrected chi connectivity index (χ2v) is 8.93. The molecule has 0 aliphatic heterocycles. The number of rotatable bonds is 6. The molecule has 3 aromatic rings. The Balaban J connectivity index is 1.61. The van der Waals surface area contributed by atoms with Crippen molar-refractivity contribution in [3.05, 3.63) is 63.2 Å². The molecule has 0 bridgehead atoms. The number of urea groups is 1. The molecule has 1 aliphatic carbocycles. The Morgan fingerprint density at radius 1 is 1.29 bits per heavy atom. The highest BCUT2D eigenvalue weighted by Gasteiger charge is 2.47. The zero-order valence-electron chi connectivity index (χ0n) is 18.1.